The maximum atomic E-state index is 13.7. The van der Waals surface area contributed by atoms with Gasteiger partial charge in [-0.05, 0) is 55.7 Å². The van der Waals surface area contributed by atoms with Crippen LogP contribution in [0.2, 0.25) is 0 Å². The average molecular weight is 414 g/mol. The summed E-state index contributed by atoms with van der Waals surface area (Å²) in [5.41, 5.74) is 1.32. The molecule has 2 heterocycles. The van der Waals surface area contributed by atoms with Gasteiger partial charge in [-0.3, -0.25) is 9.59 Å². The van der Waals surface area contributed by atoms with Gasteiger partial charge in [0, 0.05) is 13.2 Å². The van der Waals surface area contributed by atoms with Crippen LogP contribution in [0.4, 0.5) is 0 Å². The molecule has 1 saturated carbocycles. The molecule has 1 fully saturated rings. The highest BCUT2D eigenvalue weighted by molar-refractivity contribution is 6.11. The van der Waals surface area contributed by atoms with Crippen molar-refractivity contribution in [2.75, 3.05) is 19.8 Å². The van der Waals surface area contributed by atoms with Crippen molar-refractivity contribution >= 4 is 11.7 Å². The van der Waals surface area contributed by atoms with Crippen LogP contribution in [-0.2, 0) is 14.3 Å². The first kappa shape index (κ1) is 20.9. The number of fused-ring (bicyclic) bond motifs is 1. The molecule has 0 saturated heterocycles. The van der Waals surface area contributed by atoms with Crippen LogP contribution in [0.1, 0.15) is 51.6 Å². The lowest BCUT2D eigenvalue weighted by Gasteiger charge is -2.41. The first-order valence-corrected chi connectivity index (χ1v) is 11.1. The summed E-state index contributed by atoms with van der Waals surface area (Å²) in [4.78, 5) is 28.7. The van der Waals surface area contributed by atoms with Crippen molar-refractivity contribution in [2.45, 2.75) is 52.2 Å². The highest BCUT2D eigenvalue weighted by atomic mass is 16.5. The molecule has 0 bridgehead atoms. The highest BCUT2D eigenvalue weighted by Gasteiger charge is 2.53. The molecule has 0 radical (unpaired) electrons. The van der Waals surface area contributed by atoms with E-state index in [1.807, 2.05) is 31.2 Å². The second-order valence-electron chi connectivity index (χ2n) is 8.83. The van der Waals surface area contributed by atoms with Crippen molar-refractivity contribution in [3.63, 3.8) is 0 Å². The summed E-state index contributed by atoms with van der Waals surface area (Å²) in [6.07, 6.45) is 2.01. The van der Waals surface area contributed by atoms with E-state index in [2.05, 4.69) is 13.8 Å². The summed E-state index contributed by atoms with van der Waals surface area (Å²) in [6.45, 7) is 7.10. The first-order chi connectivity index (χ1) is 14.5. The lowest BCUT2D eigenvalue weighted by atomic mass is 9.70. The van der Waals surface area contributed by atoms with Crippen molar-refractivity contribution in [2.24, 2.45) is 17.8 Å². The van der Waals surface area contributed by atoms with Crippen LogP contribution in [0.5, 0.6) is 5.75 Å². The maximum absolute atomic E-state index is 13.7. The molecular formula is C24H31NO5. The van der Waals surface area contributed by atoms with E-state index in [-0.39, 0.29) is 42.0 Å². The molecule has 3 aliphatic rings. The highest BCUT2D eigenvalue weighted by Crippen LogP contribution is 2.49. The van der Waals surface area contributed by atoms with Crippen LogP contribution >= 0.6 is 0 Å². The molecule has 5 unspecified atom stereocenters. The molecule has 1 amide bonds. The number of amides is 1. The zero-order valence-electron chi connectivity index (χ0n) is 18.0. The Hall–Kier alpha value is -2.34. The zero-order chi connectivity index (χ0) is 21.4. The van der Waals surface area contributed by atoms with Crippen molar-refractivity contribution in [1.29, 1.82) is 0 Å². The number of aliphatic hydroxyl groups is 1. The lowest BCUT2D eigenvalue weighted by Crippen LogP contribution is -2.45. The van der Waals surface area contributed by atoms with E-state index in [1.54, 1.807) is 4.90 Å². The molecule has 0 aromatic heterocycles. The summed E-state index contributed by atoms with van der Waals surface area (Å²) in [6, 6.07) is 7.08. The number of ketones is 1. The summed E-state index contributed by atoms with van der Waals surface area (Å²) < 4.78 is 11.9. The second kappa shape index (κ2) is 8.42. The van der Waals surface area contributed by atoms with Crippen LogP contribution < -0.4 is 4.74 Å². The molecule has 30 heavy (non-hydrogen) atoms. The fraction of sp³-hybridized carbons (Fsp3) is 0.583. The molecule has 162 valence electrons. The number of hydrogen-bond acceptors (Lipinski definition) is 5. The van der Waals surface area contributed by atoms with Gasteiger partial charge in [0.05, 0.1) is 24.1 Å². The van der Waals surface area contributed by atoms with E-state index in [9.17, 15) is 14.7 Å². The van der Waals surface area contributed by atoms with E-state index < -0.39 is 6.04 Å². The summed E-state index contributed by atoms with van der Waals surface area (Å²) >= 11 is 0. The summed E-state index contributed by atoms with van der Waals surface area (Å²) in [5, 5.41) is 9.36. The number of benzene rings is 1. The van der Waals surface area contributed by atoms with Crippen LogP contribution in [0.3, 0.4) is 0 Å². The SMILES string of the molecule is CCOc1cccc(C2C3=C(OC4C(C)CC(C)CC4C3=O)C(=O)N2CCCO)c1. The Morgan fingerprint density at radius 3 is 2.77 bits per heavy atom. The van der Waals surface area contributed by atoms with Crippen LogP contribution in [0, 0.1) is 17.8 Å². The molecule has 1 aromatic rings. The molecule has 1 aliphatic carbocycles. The Kier molecular flexibility index (Phi) is 5.87. The van der Waals surface area contributed by atoms with E-state index in [0.717, 1.165) is 18.4 Å². The Bertz CT molecular complexity index is 863. The third-order valence-corrected chi connectivity index (χ3v) is 6.57. The van der Waals surface area contributed by atoms with Crippen molar-refractivity contribution in [3.05, 3.63) is 41.2 Å². The van der Waals surface area contributed by atoms with Gasteiger partial charge in [0.15, 0.2) is 11.5 Å². The van der Waals surface area contributed by atoms with Crippen molar-refractivity contribution in [3.8, 4) is 5.75 Å². The van der Waals surface area contributed by atoms with Crippen LogP contribution in [0.15, 0.2) is 35.6 Å². The Morgan fingerprint density at radius 2 is 2.03 bits per heavy atom. The van der Waals surface area contributed by atoms with E-state index in [4.69, 9.17) is 9.47 Å². The number of carbonyl (C=O) groups excluding carboxylic acids is 2. The minimum Gasteiger partial charge on any atom is -0.494 e. The standard InChI is InChI=1S/C24H31NO5/c1-4-29-17-8-5-7-16(13-17)20-19-21(27)18-12-14(2)11-15(3)22(18)30-23(19)24(28)25(20)9-6-10-26/h5,7-8,13-15,18,20,22,26H,4,6,9-12H2,1-3H3. The summed E-state index contributed by atoms with van der Waals surface area (Å²) in [7, 11) is 0. The molecule has 5 atom stereocenters. The molecule has 6 nitrogen and oxygen atoms in total. The van der Waals surface area contributed by atoms with Gasteiger partial charge in [-0.1, -0.05) is 26.0 Å². The summed E-state index contributed by atoms with van der Waals surface area (Å²) in [5.74, 6) is 1.21. The Balaban J connectivity index is 1.77. The largest absolute Gasteiger partial charge is 0.494 e. The number of nitrogens with zero attached hydrogens (tertiary/aromatic N) is 1. The second-order valence-corrected chi connectivity index (χ2v) is 8.83. The fourth-order valence-electron chi connectivity index (χ4n) is 5.38. The lowest BCUT2D eigenvalue weighted by molar-refractivity contribution is -0.139. The van der Waals surface area contributed by atoms with Gasteiger partial charge in [0.2, 0.25) is 0 Å². The van der Waals surface area contributed by atoms with Gasteiger partial charge in [0.25, 0.3) is 5.91 Å². The normalized spacial score (nSPS) is 30.8. The molecule has 1 N–H and O–H groups in total. The molecule has 0 spiro atoms. The fourth-order valence-corrected chi connectivity index (χ4v) is 5.38. The molecule has 4 rings (SSSR count). The molecular weight excluding hydrogens is 382 g/mol. The van der Waals surface area contributed by atoms with Crippen molar-refractivity contribution in [1.82, 2.24) is 4.90 Å². The monoisotopic (exact) mass is 413 g/mol. The quantitative estimate of drug-likeness (QED) is 0.775. The molecule has 2 aliphatic heterocycles. The van der Waals surface area contributed by atoms with Gasteiger partial charge in [-0.2, -0.15) is 0 Å². The minimum absolute atomic E-state index is 0.0191. The third-order valence-electron chi connectivity index (χ3n) is 6.57. The number of carbonyl (C=O) groups is 2. The van der Waals surface area contributed by atoms with E-state index >= 15 is 0 Å². The number of aliphatic hydroxyl groups excluding tert-OH is 1. The number of rotatable bonds is 6. The number of ether oxygens (including phenoxy) is 2. The molecule has 6 heteroatoms. The average Bonchev–Trinajstić information content (AvgIpc) is 3.00. The smallest absolute Gasteiger partial charge is 0.290 e. The van der Waals surface area contributed by atoms with Gasteiger partial charge >= 0.3 is 0 Å². The van der Waals surface area contributed by atoms with Gasteiger partial charge in [-0.25, -0.2) is 0 Å². The molecule has 1 aromatic carbocycles. The first-order valence-electron chi connectivity index (χ1n) is 11.1. The van der Waals surface area contributed by atoms with E-state index in [1.165, 1.54) is 0 Å². The van der Waals surface area contributed by atoms with E-state index in [0.29, 0.717) is 36.8 Å². The zero-order valence-corrected chi connectivity index (χ0v) is 18.0. The van der Waals surface area contributed by atoms with Crippen LogP contribution in [0.25, 0.3) is 0 Å². The Labute approximate surface area is 177 Å². The number of Topliss-reactive ketones (excluding diaryl/α,β-unsaturated/α-hetero) is 1. The van der Waals surface area contributed by atoms with Gasteiger partial charge < -0.3 is 19.5 Å². The topological polar surface area (TPSA) is 76.1 Å². The third kappa shape index (κ3) is 3.51. The minimum atomic E-state index is -0.500. The predicted molar refractivity (Wildman–Crippen MR) is 112 cm³/mol. The van der Waals surface area contributed by atoms with Crippen molar-refractivity contribution < 1.29 is 24.2 Å². The van der Waals surface area contributed by atoms with Crippen LogP contribution in [-0.4, -0.2) is 47.6 Å². The Morgan fingerprint density at radius 1 is 1.23 bits per heavy atom. The predicted octanol–water partition coefficient (Wildman–Crippen LogP) is 3.26. The van der Waals surface area contributed by atoms with Gasteiger partial charge in [-0.15, -0.1) is 0 Å². The number of hydrogen-bond donors (Lipinski definition) is 1. The van der Waals surface area contributed by atoms with Gasteiger partial charge in [0.1, 0.15) is 11.9 Å². The maximum Gasteiger partial charge on any atom is 0.290 e.